The number of fused-ring (bicyclic) bond motifs is 1. The van der Waals surface area contributed by atoms with Crippen molar-refractivity contribution in [3.05, 3.63) is 52.9 Å². The number of rotatable bonds is 4. The number of imidazole rings is 1. The van der Waals surface area contributed by atoms with E-state index < -0.39 is 17.5 Å². The van der Waals surface area contributed by atoms with Crippen molar-refractivity contribution in [1.29, 1.82) is 0 Å². The zero-order valence-electron chi connectivity index (χ0n) is 20.2. The minimum atomic E-state index is -0.684. The van der Waals surface area contributed by atoms with E-state index in [0.29, 0.717) is 34.5 Å². The summed E-state index contributed by atoms with van der Waals surface area (Å²) < 4.78 is 27.0. The Morgan fingerprint density at radius 3 is 2.81 bits per heavy atom. The highest BCUT2D eigenvalue weighted by Crippen LogP contribution is 2.37. The fraction of sp³-hybridized carbons (Fsp3) is 0.400. The molecule has 4 aromatic rings. The quantitative estimate of drug-likeness (QED) is 0.425. The van der Waals surface area contributed by atoms with Crippen molar-refractivity contribution in [1.82, 2.24) is 30.0 Å². The van der Waals surface area contributed by atoms with Crippen molar-refractivity contribution < 1.29 is 18.4 Å². The van der Waals surface area contributed by atoms with Crippen LogP contribution in [0.4, 0.5) is 9.18 Å². The molecule has 1 saturated carbocycles. The second kappa shape index (κ2) is 9.21. The molecule has 0 radical (unpaired) electrons. The molecule has 188 valence electrons. The normalized spacial score (nSPS) is 18.3. The largest absolute Gasteiger partial charge is 0.444 e. The molecule has 3 heterocycles. The molecule has 36 heavy (non-hydrogen) atoms. The highest BCUT2D eigenvalue weighted by molar-refractivity contribution is 5.83. The van der Waals surface area contributed by atoms with E-state index in [-0.39, 0.29) is 23.7 Å². The number of halogens is 1. The highest BCUT2D eigenvalue weighted by Gasteiger charge is 2.30. The van der Waals surface area contributed by atoms with Crippen LogP contribution >= 0.6 is 0 Å². The Hall–Kier alpha value is -4.02. The summed E-state index contributed by atoms with van der Waals surface area (Å²) >= 11 is 0. The van der Waals surface area contributed by atoms with Gasteiger partial charge in [0.25, 0.3) is 0 Å². The molecule has 0 bridgehead atoms. The molecule has 1 fully saturated rings. The number of amides is 1. The number of carbonyl (C=O) groups excluding carboxylic acids is 1. The summed E-state index contributed by atoms with van der Waals surface area (Å²) in [5, 5.41) is 6.71. The van der Waals surface area contributed by atoms with Gasteiger partial charge in [0.05, 0.1) is 17.3 Å². The van der Waals surface area contributed by atoms with Gasteiger partial charge in [-0.05, 0) is 64.7 Å². The first-order valence-corrected chi connectivity index (χ1v) is 11.9. The fourth-order valence-corrected chi connectivity index (χ4v) is 4.67. The number of nitrogens with one attached hydrogen (secondary N) is 2. The van der Waals surface area contributed by atoms with Crippen molar-refractivity contribution in [3.8, 4) is 22.9 Å². The number of H-pyrrole nitrogens is 1. The average Bonchev–Trinajstić information content (AvgIpc) is 3.41. The molecule has 5 rings (SSSR count). The average molecular weight is 495 g/mol. The van der Waals surface area contributed by atoms with Gasteiger partial charge in [-0.2, -0.15) is 0 Å². The number of aromatic amines is 1. The van der Waals surface area contributed by atoms with Gasteiger partial charge < -0.3 is 14.6 Å². The predicted molar refractivity (Wildman–Crippen MR) is 130 cm³/mol. The number of aromatic nitrogens is 5. The molecule has 1 amide bonds. The van der Waals surface area contributed by atoms with Gasteiger partial charge in [-0.1, -0.05) is 17.3 Å². The Balaban J connectivity index is 1.56. The third-order valence-corrected chi connectivity index (χ3v) is 6.11. The first-order valence-electron chi connectivity index (χ1n) is 11.9. The molecule has 1 aliphatic carbocycles. The monoisotopic (exact) mass is 494 g/mol. The second-order valence-electron chi connectivity index (χ2n) is 9.95. The molecule has 0 saturated heterocycles. The van der Waals surface area contributed by atoms with E-state index in [4.69, 9.17) is 9.72 Å². The number of hydrogen-bond acceptors (Lipinski definition) is 7. The van der Waals surface area contributed by atoms with Crippen LogP contribution in [0.3, 0.4) is 0 Å². The molecule has 0 aliphatic heterocycles. The molecule has 1 aromatic carbocycles. The van der Waals surface area contributed by atoms with Crippen LogP contribution in [-0.4, -0.2) is 42.4 Å². The molecule has 10 nitrogen and oxygen atoms in total. The van der Waals surface area contributed by atoms with Crippen molar-refractivity contribution in [2.24, 2.45) is 0 Å². The summed E-state index contributed by atoms with van der Waals surface area (Å²) in [6, 6.07) is 8.05. The van der Waals surface area contributed by atoms with Gasteiger partial charge in [-0.3, -0.25) is 14.5 Å². The van der Waals surface area contributed by atoms with E-state index in [9.17, 15) is 14.0 Å². The van der Waals surface area contributed by atoms with Gasteiger partial charge in [-0.25, -0.2) is 19.0 Å². The molecular weight excluding hydrogens is 467 g/mol. The molecule has 0 unspecified atom stereocenters. The summed E-state index contributed by atoms with van der Waals surface area (Å²) in [5.74, 6) is -0.410. The minimum absolute atomic E-state index is 0.0788. The van der Waals surface area contributed by atoms with E-state index in [2.05, 4.69) is 25.0 Å². The van der Waals surface area contributed by atoms with Crippen LogP contribution in [0.5, 0.6) is 0 Å². The van der Waals surface area contributed by atoms with Crippen LogP contribution in [0.2, 0.25) is 0 Å². The minimum Gasteiger partial charge on any atom is -0.444 e. The van der Waals surface area contributed by atoms with Gasteiger partial charge in [0, 0.05) is 12.1 Å². The maximum atomic E-state index is 14.9. The second-order valence-corrected chi connectivity index (χ2v) is 9.95. The lowest BCUT2D eigenvalue weighted by molar-refractivity contribution is 0.0486. The topological polar surface area (TPSA) is 128 Å². The molecular formula is C25H27FN6O4. The third-order valence-electron chi connectivity index (χ3n) is 6.11. The van der Waals surface area contributed by atoms with Gasteiger partial charge in [0.2, 0.25) is 5.82 Å². The number of ether oxygens (including phenoxy) is 1. The van der Waals surface area contributed by atoms with Crippen molar-refractivity contribution in [3.63, 3.8) is 0 Å². The zero-order valence-corrected chi connectivity index (χ0v) is 20.2. The number of nitrogens with zero attached hydrogens (tertiary/aromatic N) is 4. The van der Waals surface area contributed by atoms with Crippen LogP contribution in [0, 0.1) is 5.82 Å². The molecule has 1 aliphatic rings. The van der Waals surface area contributed by atoms with Crippen molar-refractivity contribution >= 4 is 17.1 Å². The van der Waals surface area contributed by atoms with Crippen LogP contribution in [0.1, 0.15) is 52.5 Å². The van der Waals surface area contributed by atoms with Crippen LogP contribution in [-0.2, 0) is 4.74 Å². The number of benzene rings is 1. The fourth-order valence-electron chi connectivity index (χ4n) is 4.67. The summed E-state index contributed by atoms with van der Waals surface area (Å²) in [7, 11) is 0. The SMILES string of the molecule is CC(C)(C)OC(=O)N[C@H]1CCC[C@@H](n2c(-c3ccccc3F)nc3cnc(-c4noc(=O)[nH]4)cc32)C1. The van der Waals surface area contributed by atoms with E-state index in [1.54, 1.807) is 30.5 Å². The van der Waals surface area contributed by atoms with Gasteiger partial charge in [0.15, 0.2) is 0 Å². The highest BCUT2D eigenvalue weighted by atomic mass is 19.1. The zero-order chi connectivity index (χ0) is 25.4. The van der Waals surface area contributed by atoms with Crippen LogP contribution in [0.25, 0.3) is 33.9 Å². The third kappa shape index (κ3) is 4.86. The van der Waals surface area contributed by atoms with Gasteiger partial charge in [-0.15, -0.1) is 0 Å². The maximum Gasteiger partial charge on any atom is 0.439 e. The van der Waals surface area contributed by atoms with Crippen molar-refractivity contribution in [2.75, 3.05) is 0 Å². The first kappa shape index (κ1) is 23.7. The molecule has 11 heteroatoms. The first-order chi connectivity index (χ1) is 17.2. The Bertz CT molecular complexity index is 1470. The lowest BCUT2D eigenvalue weighted by Crippen LogP contribution is -2.41. The predicted octanol–water partition coefficient (Wildman–Crippen LogP) is 4.59. The number of pyridine rings is 1. The number of hydrogen-bond donors (Lipinski definition) is 2. The lowest BCUT2D eigenvalue weighted by atomic mass is 9.90. The van der Waals surface area contributed by atoms with Crippen molar-refractivity contribution in [2.45, 2.75) is 64.1 Å². The molecule has 2 N–H and O–H groups in total. The lowest BCUT2D eigenvalue weighted by Gasteiger charge is -2.32. The van der Waals surface area contributed by atoms with Gasteiger partial charge >= 0.3 is 11.8 Å². The Labute approximate surface area is 205 Å². The Kier molecular flexibility index (Phi) is 6.07. The van der Waals surface area contributed by atoms with E-state index in [1.807, 2.05) is 25.3 Å². The van der Waals surface area contributed by atoms with Gasteiger partial charge in [0.1, 0.15) is 28.5 Å². The van der Waals surface area contributed by atoms with Crippen LogP contribution < -0.4 is 11.1 Å². The molecule has 2 atom stereocenters. The summed E-state index contributed by atoms with van der Waals surface area (Å²) in [5.41, 5.74) is 1.46. The number of alkyl carbamates (subject to hydrolysis) is 1. The molecule has 0 spiro atoms. The Morgan fingerprint density at radius 1 is 1.28 bits per heavy atom. The molecule has 3 aromatic heterocycles. The van der Waals surface area contributed by atoms with Crippen LogP contribution in [0.15, 0.2) is 45.8 Å². The number of carbonyl (C=O) groups is 1. The van der Waals surface area contributed by atoms with E-state index >= 15 is 0 Å². The standard InChI is InChI=1S/C25H27FN6O4/c1-25(2,3)35-23(33)28-14-7-6-8-15(11-14)32-20-12-18(21-30-24(34)36-31-21)27-13-19(20)29-22(32)16-9-4-5-10-17(16)26/h4-5,9-10,12-15H,6-8,11H2,1-3H3,(H,28,33)(H,30,31,34)/t14-,15+/m0/s1. The summed E-state index contributed by atoms with van der Waals surface area (Å²) in [6.07, 6.45) is 4.21. The van der Waals surface area contributed by atoms with E-state index in [1.165, 1.54) is 6.07 Å². The smallest absolute Gasteiger partial charge is 0.439 e. The maximum absolute atomic E-state index is 14.9. The summed E-state index contributed by atoms with van der Waals surface area (Å²) in [4.78, 5) is 35.5. The Morgan fingerprint density at radius 2 is 2.08 bits per heavy atom. The summed E-state index contributed by atoms with van der Waals surface area (Å²) in [6.45, 7) is 5.47. The van der Waals surface area contributed by atoms with E-state index in [0.717, 1.165) is 19.3 Å².